The fourth-order valence-electron chi connectivity index (χ4n) is 5.18. The molecule has 2 aliphatic rings. The lowest BCUT2D eigenvalue weighted by Crippen LogP contribution is -2.37. The van der Waals surface area contributed by atoms with E-state index < -0.39 is 10.0 Å². The van der Waals surface area contributed by atoms with Crippen molar-refractivity contribution in [2.75, 3.05) is 6.54 Å². The molecule has 2 atom stereocenters. The topological polar surface area (TPSA) is 50.3 Å². The summed E-state index contributed by atoms with van der Waals surface area (Å²) in [5.41, 5.74) is 2.26. The van der Waals surface area contributed by atoms with E-state index in [2.05, 4.69) is 25.8 Å². The Morgan fingerprint density at radius 3 is 2.42 bits per heavy atom. The second kappa shape index (κ2) is 5.89. The van der Waals surface area contributed by atoms with Crippen molar-refractivity contribution in [3.63, 3.8) is 0 Å². The van der Waals surface area contributed by atoms with Gasteiger partial charge in [0.25, 0.3) is 0 Å². The molecule has 138 valence electrons. The molecule has 1 aromatic carbocycles. The van der Waals surface area contributed by atoms with Crippen molar-refractivity contribution in [2.45, 2.75) is 51.0 Å². The normalized spacial score (nSPS) is 28.2. The van der Waals surface area contributed by atoms with Crippen molar-refractivity contribution < 1.29 is 8.42 Å². The third kappa shape index (κ3) is 3.08. The number of fused-ring (bicyclic) bond motifs is 2. The van der Waals surface area contributed by atoms with Crippen LogP contribution >= 0.6 is 0 Å². The summed E-state index contributed by atoms with van der Waals surface area (Å²) in [6, 6.07) is 11.2. The lowest BCUT2D eigenvalue weighted by molar-refractivity contribution is 0.133. The van der Waals surface area contributed by atoms with Crippen molar-refractivity contribution in [3.05, 3.63) is 48.8 Å². The van der Waals surface area contributed by atoms with Gasteiger partial charge in [-0.1, -0.05) is 39.0 Å². The molecule has 1 aliphatic carbocycles. The number of benzene rings is 1. The molecule has 2 unspecified atom stereocenters. The van der Waals surface area contributed by atoms with Gasteiger partial charge in [0.15, 0.2) is 0 Å². The summed E-state index contributed by atoms with van der Waals surface area (Å²) in [6.45, 7) is 7.39. The molecule has 0 N–H and O–H groups in total. The smallest absolute Gasteiger partial charge is 0.243 e. The molecule has 2 bridgehead atoms. The van der Waals surface area contributed by atoms with Gasteiger partial charge in [0.05, 0.1) is 4.90 Å². The van der Waals surface area contributed by atoms with Crippen LogP contribution in [0, 0.1) is 10.8 Å². The predicted octanol–water partition coefficient (Wildman–Crippen LogP) is 4.34. The Hall–Kier alpha value is -1.72. The summed E-state index contributed by atoms with van der Waals surface area (Å²) in [7, 11) is -3.46. The van der Waals surface area contributed by atoms with Crippen LogP contribution in [0.5, 0.6) is 0 Å². The standard InChI is InChI=1S/C21H26N2O2S/c1-20(2)11-18-12-21(3,14-20)15-23(18)26(24,25)19-8-6-16(7-9-19)17-5-4-10-22-13-17/h4-10,13,18H,11-12,14-15H2,1-3H3. The molecule has 2 heterocycles. The summed E-state index contributed by atoms with van der Waals surface area (Å²) < 4.78 is 28.3. The third-order valence-electron chi connectivity index (χ3n) is 5.82. The Balaban J connectivity index is 1.63. The fraction of sp³-hybridized carbons (Fsp3) is 0.476. The lowest BCUT2D eigenvalue weighted by Gasteiger charge is -2.39. The first kappa shape index (κ1) is 17.7. The maximum atomic E-state index is 13.3. The van der Waals surface area contributed by atoms with Gasteiger partial charge < -0.3 is 0 Å². The summed E-state index contributed by atoms with van der Waals surface area (Å²) in [4.78, 5) is 4.51. The van der Waals surface area contributed by atoms with Gasteiger partial charge >= 0.3 is 0 Å². The van der Waals surface area contributed by atoms with Crippen LogP contribution in [0.2, 0.25) is 0 Å². The summed E-state index contributed by atoms with van der Waals surface area (Å²) in [5.74, 6) is 0. The highest BCUT2D eigenvalue weighted by molar-refractivity contribution is 7.89. The van der Waals surface area contributed by atoms with Crippen LogP contribution in [0.25, 0.3) is 11.1 Å². The van der Waals surface area contributed by atoms with Crippen LogP contribution in [0.3, 0.4) is 0 Å². The molecule has 2 aromatic rings. The highest BCUT2D eigenvalue weighted by Gasteiger charge is 2.53. The number of nitrogens with zero attached hydrogens (tertiary/aromatic N) is 2. The van der Waals surface area contributed by atoms with Crippen LogP contribution in [-0.4, -0.2) is 30.3 Å². The van der Waals surface area contributed by atoms with E-state index in [1.807, 2.05) is 24.3 Å². The van der Waals surface area contributed by atoms with Crippen molar-refractivity contribution in [1.29, 1.82) is 0 Å². The van der Waals surface area contributed by atoms with E-state index in [0.717, 1.165) is 30.4 Å². The van der Waals surface area contributed by atoms with Gasteiger partial charge in [-0.2, -0.15) is 4.31 Å². The molecule has 26 heavy (non-hydrogen) atoms. The zero-order chi connectivity index (χ0) is 18.6. The molecule has 1 saturated heterocycles. The first-order valence-corrected chi connectivity index (χ1v) is 10.7. The SMILES string of the molecule is CC1(C)CC2CC(C)(CN2S(=O)(=O)c2ccc(-c3cccnc3)cc2)C1. The monoisotopic (exact) mass is 370 g/mol. The molecule has 5 heteroatoms. The van der Waals surface area contributed by atoms with E-state index in [9.17, 15) is 8.42 Å². The molecule has 1 aromatic heterocycles. The van der Waals surface area contributed by atoms with Crippen molar-refractivity contribution in [1.82, 2.24) is 9.29 Å². The third-order valence-corrected chi connectivity index (χ3v) is 7.74. The molecule has 4 rings (SSSR count). The minimum Gasteiger partial charge on any atom is -0.264 e. The Morgan fingerprint density at radius 2 is 1.77 bits per heavy atom. The second-order valence-corrected chi connectivity index (χ2v) is 10.9. The first-order valence-electron chi connectivity index (χ1n) is 9.21. The highest BCUT2D eigenvalue weighted by atomic mass is 32.2. The van der Waals surface area contributed by atoms with E-state index in [1.54, 1.807) is 28.8 Å². The van der Waals surface area contributed by atoms with Crippen LogP contribution < -0.4 is 0 Å². The Kier molecular flexibility index (Phi) is 4.01. The van der Waals surface area contributed by atoms with Gasteiger partial charge in [0.1, 0.15) is 0 Å². The predicted molar refractivity (Wildman–Crippen MR) is 103 cm³/mol. The summed E-state index contributed by atoms with van der Waals surface area (Å²) in [5, 5.41) is 0. The average Bonchev–Trinajstić information content (AvgIpc) is 2.85. The second-order valence-electron chi connectivity index (χ2n) is 9.03. The molecule has 0 amide bonds. The number of sulfonamides is 1. The zero-order valence-corrected chi connectivity index (χ0v) is 16.5. The molecule has 0 radical (unpaired) electrons. The maximum Gasteiger partial charge on any atom is 0.243 e. The van der Waals surface area contributed by atoms with Crippen LogP contribution in [0.1, 0.15) is 40.0 Å². The molecule has 1 saturated carbocycles. The lowest BCUT2D eigenvalue weighted by atomic mass is 9.65. The Labute approximate surface area is 156 Å². The van der Waals surface area contributed by atoms with Crippen molar-refractivity contribution >= 4 is 10.0 Å². The van der Waals surface area contributed by atoms with Gasteiger partial charge in [-0.05, 0) is 59.4 Å². The molecule has 2 fully saturated rings. The zero-order valence-electron chi connectivity index (χ0n) is 15.6. The molecule has 0 spiro atoms. The number of pyridine rings is 1. The van der Waals surface area contributed by atoms with Gasteiger partial charge in [-0.25, -0.2) is 8.42 Å². The molecular formula is C21H26N2O2S. The number of hydrogen-bond donors (Lipinski definition) is 0. The highest BCUT2D eigenvalue weighted by Crippen LogP contribution is 2.53. The van der Waals surface area contributed by atoms with E-state index in [-0.39, 0.29) is 16.9 Å². The Bertz CT molecular complexity index is 907. The Morgan fingerprint density at radius 1 is 1.04 bits per heavy atom. The fourth-order valence-corrected chi connectivity index (χ4v) is 6.95. The number of aromatic nitrogens is 1. The van der Waals surface area contributed by atoms with E-state index in [4.69, 9.17) is 0 Å². The van der Waals surface area contributed by atoms with E-state index >= 15 is 0 Å². The van der Waals surface area contributed by atoms with Crippen molar-refractivity contribution in [3.8, 4) is 11.1 Å². The average molecular weight is 371 g/mol. The number of rotatable bonds is 3. The van der Waals surface area contributed by atoms with E-state index in [0.29, 0.717) is 11.4 Å². The van der Waals surface area contributed by atoms with Crippen LogP contribution in [-0.2, 0) is 10.0 Å². The van der Waals surface area contributed by atoms with E-state index in [1.165, 1.54) is 0 Å². The largest absolute Gasteiger partial charge is 0.264 e. The minimum atomic E-state index is -3.46. The number of hydrogen-bond acceptors (Lipinski definition) is 3. The molecule has 4 nitrogen and oxygen atoms in total. The summed E-state index contributed by atoms with van der Waals surface area (Å²) >= 11 is 0. The quantitative estimate of drug-likeness (QED) is 0.808. The van der Waals surface area contributed by atoms with Crippen LogP contribution in [0.15, 0.2) is 53.7 Å². The van der Waals surface area contributed by atoms with Crippen LogP contribution in [0.4, 0.5) is 0 Å². The maximum absolute atomic E-state index is 13.3. The van der Waals surface area contributed by atoms with Gasteiger partial charge in [0, 0.05) is 25.0 Å². The molecular weight excluding hydrogens is 344 g/mol. The molecule has 1 aliphatic heterocycles. The van der Waals surface area contributed by atoms with Gasteiger partial charge in [-0.15, -0.1) is 0 Å². The first-order chi connectivity index (χ1) is 12.2. The minimum absolute atomic E-state index is 0.0924. The van der Waals surface area contributed by atoms with Crippen molar-refractivity contribution in [2.24, 2.45) is 10.8 Å². The van der Waals surface area contributed by atoms with Gasteiger partial charge in [-0.3, -0.25) is 4.98 Å². The summed E-state index contributed by atoms with van der Waals surface area (Å²) in [6.07, 6.45) is 6.52. The van der Waals surface area contributed by atoms with Gasteiger partial charge in [0.2, 0.25) is 10.0 Å².